The second-order valence-corrected chi connectivity index (χ2v) is 4.68. The summed E-state index contributed by atoms with van der Waals surface area (Å²) in [7, 11) is 0. The third kappa shape index (κ3) is 3.53. The standard InChI is InChI=1S/C14H21N3O2/c1-2-11-19-14(18)17-9-7-16(8-10-17)13-5-3-12(15)4-6-13/h3-6H,2,7-11,15H2,1H3. The average molecular weight is 263 g/mol. The number of nitrogen functional groups attached to an aromatic ring is 1. The molecule has 0 spiro atoms. The number of carbonyl (C=O) groups excluding carboxylic acids is 1. The molecule has 0 bridgehead atoms. The van der Waals surface area contributed by atoms with Gasteiger partial charge < -0.3 is 20.3 Å². The maximum Gasteiger partial charge on any atom is 0.409 e. The van der Waals surface area contributed by atoms with Crippen LogP contribution in [0.2, 0.25) is 0 Å². The number of hydrogen-bond acceptors (Lipinski definition) is 4. The number of nitrogens with two attached hydrogens (primary N) is 1. The molecule has 5 nitrogen and oxygen atoms in total. The van der Waals surface area contributed by atoms with Gasteiger partial charge in [0, 0.05) is 37.6 Å². The highest BCUT2D eigenvalue weighted by molar-refractivity contribution is 5.68. The van der Waals surface area contributed by atoms with Gasteiger partial charge >= 0.3 is 6.09 Å². The van der Waals surface area contributed by atoms with Crippen molar-refractivity contribution in [3.05, 3.63) is 24.3 Å². The molecular formula is C14H21N3O2. The summed E-state index contributed by atoms with van der Waals surface area (Å²) in [6.07, 6.45) is 0.663. The van der Waals surface area contributed by atoms with Crippen LogP contribution in [0.25, 0.3) is 0 Å². The van der Waals surface area contributed by atoms with Crippen LogP contribution in [0, 0.1) is 0 Å². The number of rotatable bonds is 3. The Labute approximate surface area is 113 Å². The third-order valence-electron chi connectivity index (χ3n) is 3.23. The Bertz CT molecular complexity index is 411. The molecule has 1 aromatic carbocycles. The normalized spacial score (nSPS) is 15.4. The third-order valence-corrected chi connectivity index (χ3v) is 3.23. The summed E-state index contributed by atoms with van der Waals surface area (Å²) < 4.78 is 5.14. The van der Waals surface area contributed by atoms with Gasteiger partial charge in [-0.1, -0.05) is 6.92 Å². The van der Waals surface area contributed by atoms with E-state index in [1.165, 1.54) is 0 Å². The molecule has 0 radical (unpaired) electrons. The molecule has 1 amide bonds. The fourth-order valence-corrected chi connectivity index (χ4v) is 2.11. The average Bonchev–Trinajstić information content (AvgIpc) is 2.46. The number of amides is 1. The van der Waals surface area contributed by atoms with Gasteiger partial charge in [-0.15, -0.1) is 0 Å². The van der Waals surface area contributed by atoms with Crippen LogP contribution in [0.3, 0.4) is 0 Å². The molecule has 0 aromatic heterocycles. The van der Waals surface area contributed by atoms with Crippen LogP contribution in [0.4, 0.5) is 16.2 Å². The van der Waals surface area contributed by atoms with Gasteiger partial charge in [0.2, 0.25) is 0 Å². The lowest BCUT2D eigenvalue weighted by Crippen LogP contribution is -2.49. The Morgan fingerprint density at radius 1 is 1.21 bits per heavy atom. The predicted octanol–water partition coefficient (Wildman–Crippen LogP) is 1.94. The van der Waals surface area contributed by atoms with E-state index in [1.807, 2.05) is 31.2 Å². The zero-order chi connectivity index (χ0) is 13.7. The van der Waals surface area contributed by atoms with Crippen molar-refractivity contribution in [3.8, 4) is 0 Å². The minimum absolute atomic E-state index is 0.196. The van der Waals surface area contributed by atoms with Crippen LogP contribution in [0.5, 0.6) is 0 Å². The minimum atomic E-state index is -0.196. The lowest BCUT2D eigenvalue weighted by atomic mass is 10.2. The van der Waals surface area contributed by atoms with Crippen molar-refractivity contribution >= 4 is 17.5 Å². The van der Waals surface area contributed by atoms with E-state index in [9.17, 15) is 4.79 Å². The summed E-state index contributed by atoms with van der Waals surface area (Å²) in [5, 5.41) is 0. The van der Waals surface area contributed by atoms with E-state index >= 15 is 0 Å². The fourth-order valence-electron chi connectivity index (χ4n) is 2.11. The highest BCUT2D eigenvalue weighted by atomic mass is 16.6. The van der Waals surface area contributed by atoms with Gasteiger partial charge in [0.25, 0.3) is 0 Å². The van der Waals surface area contributed by atoms with Gasteiger partial charge in [-0.05, 0) is 30.7 Å². The summed E-state index contributed by atoms with van der Waals surface area (Å²) in [6.45, 7) is 5.54. The van der Waals surface area contributed by atoms with E-state index in [0.717, 1.165) is 30.9 Å². The molecule has 1 aromatic rings. The van der Waals surface area contributed by atoms with Crippen LogP contribution in [0.1, 0.15) is 13.3 Å². The largest absolute Gasteiger partial charge is 0.449 e. The number of carbonyl (C=O) groups is 1. The molecule has 0 saturated carbocycles. The topological polar surface area (TPSA) is 58.8 Å². The van der Waals surface area contributed by atoms with E-state index in [0.29, 0.717) is 19.7 Å². The van der Waals surface area contributed by atoms with E-state index in [-0.39, 0.29) is 6.09 Å². The molecule has 1 aliphatic heterocycles. The van der Waals surface area contributed by atoms with E-state index in [2.05, 4.69) is 4.90 Å². The van der Waals surface area contributed by atoms with E-state index in [4.69, 9.17) is 10.5 Å². The number of piperazine rings is 1. The number of hydrogen-bond donors (Lipinski definition) is 1. The quantitative estimate of drug-likeness (QED) is 0.847. The van der Waals surface area contributed by atoms with Gasteiger partial charge in [0.05, 0.1) is 6.61 Å². The summed E-state index contributed by atoms with van der Waals surface area (Å²) in [6, 6.07) is 7.83. The molecule has 1 saturated heterocycles. The molecule has 2 N–H and O–H groups in total. The monoisotopic (exact) mass is 263 g/mol. The van der Waals surface area contributed by atoms with Crippen LogP contribution in [-0.4, -0.2) is 43.8 Å². The van der Waals surface area contributed by atoms with Gasteiger partial charge in [0.1, 0.15) is 0 Å². The molecule has 1 heterocycles. The number of benzene rings is 1. The SMILES string of the molecule is CCCOC(=O)N1CCN(c2ccc(N)cc2)CC1. The smallest absolute Gasteiger partial charge is 0.409 e. The Morgan fingerprint density at radius 3 is 2.42 bits per heavy atom. The summed E-state index contributed by atoms with van der Waals surface area (Å²) in [5.74, 6) is 0. The Morgan fingerprint density at radius 2 is 1.84 bits per heavy atom. The second-order valence-electron chi connectivity index (χ2n) is 4.68. The lowest BCUT2D eigenvalue weighted by molar-refractivity contribution is 0.100. The zero-order valence-corrected chi connectivity index (χ0v) is 11.3. The van der Waals surface area contributed by atoms with Crippen molar-refractivity contribution in [1.82, 2.24) is 4.90 Å². The second kappa shape index (κ2) is 6.31. The van der Waals surface area contributed by atoms with Gasteiger partial charge in [-0.2, -0.15) is 0 Å². The first kappa shape index (κ1) is 13.5. The Balaban J connectivity index is 1.85. The van der Waals surface area contributed by atoms with Crippen molar-refractivity contribution in [2.45, 2.75) is 13.3 Å². The van der Waals surface area contributed by atoms with Gasteiger partial charge in [-0.25, -0.2) is 4.79 Å². The highest BCUT2D eigenvalue weighted by Crippen LogP contribution is 2.18. The van der Waals surface area contributed by atoms with Crippen LogP contribution in [0.15, 0.2) is 24.3 Å². The molecule has 2 rings (SSSR count). The lowest BCUT2D eigenvalue weighted by Gasteiger charge is -2.35. The highest BCUT2D eigenvalue weighted by Gasteiger charge is 2.21. The Kier molecular flexibility index (Phi) is 4.49. The first-order chi connectivity index (χ1) is 9.20. The van der Waals surface area contributed by atoms with Gasteiger partial charge in [0.15, 0.2) is 0 Å². The molecule has 0 aliphatic carbocycles. The number of ether oxygens (including phenoxy) is 1. The zero-order valence-electron chi connectivity index (χ0n) is 11.3. The predicted molar refractivity (Wildman–Crippen MR) is 76.3 cm³/mol. The van der Waals surface area contributed by atoms with Crippen molar-refractivity contribution in [1.29, 1.82) is 0 Å². The molecule has 1 fully saturated rings. The number of nitrogens with zero attached hydrogens (tertiary/aromatic N) is 2. The summed E-state index contributed by atoms with van der Waals surface area (Å²) >= 11 is 0. The minimum Gasteiger partial charge on any atom is -0.449 e. The Hall–Kier alpha value is -1.91. The van der Waals surface area contributed by atoms with Crippen LogP contribution in [-0.2, 0) is 4.74 Å². The first-order valence-corrected chi connectivity index (χ1v) is 6.73. The molecule has 5 heteroatoms. The van der Waals surface area contributed by atoms with Crippen LogP contribution < -0.4 is 10.6 Å². The molecule has 104 valence electrons. The van der Waals surface area contributed by atoms with E-state index in [1.54, 1.807) is 4.90 Å². The molecule has 19 heavy (non-hydrogen) atoms. The molecular weight excluding hydrogens is 242 g/mol. The van der Waals surface area contributed by atoms with Crippen molar-refractivity contribution in [3.63, 3.8) is 0 Å². The van der Waals surface area contributed by atoms with Crippen LogP contribution >= 0.6 is 0 Å². The summed E-state index contributed by atoms with van der Waals surface area (Å²) in [4.78, 5) is 15.7. The summed E-state index contributed by atoms with van der Waals surface area (Å²) in [5.41, 5.74) is 7.59. The van der Waals surface area contributed by atoms with E-state index < -0.39 is 0 Å². The fraction of sp³-hybridized carbons (Fsp3) is 0.500. The first-order valence-electron chi connectivity index (χ1n) is 6.73. The number of anilines is 2. The van der Waals surface area contributed by atoms with Crippen molar-refractivity contribution < 1.29 is 9.53 Å². The van der Waals surface area contributed by atoms with Crippen molar-refractivity contribution in [2.24, 2.45) is 0 Å². The molecule has 1 aliphatic rings. The maximum atomic E-state index is 11.7. The van der Waals surface area contributed by atoms with Crippen molar-refractivity contribution in [2.75, 3.05) is 43.4 Å². The molecule has 0 atom stereocenters. The maximum absolute atomic E-state index is 11.7. The molecule has 0 unspecified atom stereocenters. The van der Waals surface area contributed by atoms with Gasteiger partial charge in [-0.3, -0.25) is 0 Å².